The number of rotatable bonds is 5. The Morgan fingerprint density at radius 3 is 2.52 bits per heavy atom. The first-order valence-electron chi connectivity index (χ1n) is 8.73. The van der Waals surface area contributed by atoms with Crippen LogP contribution >= 0.6 is 0 Å². The predicted molar refractivity (Wildman–Crippen MR) is 95.7 cm³/mol. The van der Waals surface area contributed by atoms with Crippen LogP contribution in [0.5, 0.6) is 5.75 Å². The van der Waals surface area contributed by atoms with Gasteiger partial charge in [0.25, 0.3) is 11.8 Å². The van der Waals surface area contributed by atoms with Crippen molar-refractivity contribution in [1.29, 1.82) is 0 Å². The molecule has 0 atom stereocenters. The molecule has 1 aromatic heterocycles. The Balaban J connectivity index is 1.52. The molecule has 142 valence electrons. The first-order valence-corrected chi connectivity index (χ1v) is 8.73. The topological polar surface area (TPSA) is 98.4 Å². The number of nitrogens with two attached hydrogens (primary N) is 1. The van der Waals surface area contributed by atoms with Crippen LogP contribution in [-0.2, 0) is 4.79 Å². The summed E-state index contributed by atoms with van der Waals surface area (Å²) in [6.07, 6.45) is 2.93. The van der Waals surface area contributed by atoms with Crippen LogP contribution in [0.2, 0.25) is 0 Å². The number of ether oxygens (including phenoxy) is 1. The summed E-state index contributed by atoms with van der Waals surface area (Å²) in [5, 5.41) is 0. The van der Waals surface area contributed by atoms with Gasteiger partial charge in [0, 0.05) is 25.2 Å². The van der Waals surface area contributed by atoms with E-state index in [4.69, 9.17) is 10.5 Å². The maximum Gasteiger partial charge on any atom is 0.260 e. The number of carbonyl (C=O) groups is 2. The van der Waals surface area contributed by atoms with E-state index in [0.29, 0.717) is 35.9 Å². The number of aromatic nitrogens is 2. The first-order chi connectivity index (χ1) is 12.9. The summed E-state index contributed by atoms with van der Waals surface area (Å²) in [6.45, 7) is 2.81. The number of benzene rings is 1. The highest BCUT2D eigenvalue weighted by Crippen LogP contribution is 2.26. The van der Waals surface area contributed by atoms with Crippen LogP contribution in [0.25, 0.3) is 0 Å². The molecular weight excluding hydrogens is 351 g/mol. The van der Waals surface area contributed by atoms with Crippen LogP contribution in [-0.4, -0.2) is 46.4 Å². The second-order valence-electron chi connectivity index (χ2n) is 6.49. The molecule has 27 heavy (non-hydrogen) atoms. The lowest BCUT2D eigenvalue weighted by molar-refractivity contribution is -0.134. The minimum absolute atomic E-state index is 0.0841. The highest BCUT2D eigenvalue weighted by molar-refractivity contribution is 5.93. The van der Waals surface area contributed by atoms with Crippen molar-refractivity contribution < 1.29 is 18.7 Å². The van der Waals surface area contributed by atoms with Crippen LogP contribution in [0, 0.1) is 12.7 Å². The van der Waals surface area contributed by atoms with Gasteiger partial charge in [0.15, 0.2) is 6.61 Å². The Labute approximate surface area is 156 Å². The molecule has 0 aliphatic carbocycles. The zero-order chi connectivity index (χ0) is 19.4. The van der Waals surface area contributed by atoms with Crippen LogP contribution in [0.3, 0.4) is 0 Å². The minimum Gasteiger partial charge on any atom is -0.484 e. The molecule has 2 N–H and O–H groups in total. The van der Waals surface area contributed by atoms with Gasteiger partial charge >= 0.3 is 0 Å². The minimum atomic E-state index is -0.541. The lowest BCUT2D eigenvalue weighted by Crippen LogP contribution is -2.40. The zero-order valence-corrected chi connectivity index (χ0v) is 15.0. The number of carbonyl (C=O) groups excluding carboxylic acids is 2. The number of likely N-dealkylation sites (tertiary alicyclic amines) is 1. The van der Waals surface area contributed by atoms with Crippen molar-refractivity contribution in [3.8, 4) is 5.75 Å². The van der Waals surface area contributed by atoms with Crippen LogP contribution in [0.4, 0.5) is 4.39 Å². The number of piperidine rings is 1. The number of amides is 2. The summed E-state index contributed by atoms with van der Waals surface area (Å²) in [6, 6.07) is 5.56. The Morgan fingerprint density at radius 1 is 1.26 bits per heavy atom. The third-order valence-corrected chi connectivity index (χ3v) is 4.65. The second kappa shape index (κ2) is 8.11. The lowest BCUT2D eigenvalue weighted by Gasteiger charge is -2.31. The lowest BCUT2D eigenvalue weighted by atomic mass is 9.95. The molecule has 0 radical (unpaired) electrons. The smallest absolute Gasteiger partial charge is 0.260 e. The number of halogens is 1. The van der Waals surface area contributed by atoms with E-state index in [-0.39, 0.29) is 24.2 Å². The summed E-state index contributed by atoms with van der Waals surface area (Å²) in [7, 11) is 0. The van der Waals surface area contributed by atoms with Gasteiger partial charge in [0.05, 0.1) is 11.3 Å². The van der Waals surface area contributed by atoms with Gasteiger partial charge in [-0.2, -0.15) is 0 Å². The fraction of sp³-hybridized carbons (Fsp3) is 0.368. The van der Waals surface area contributed by atoms with Gasteiger partial charge in [-0.25, -0.2) is 14.4 Å². The normalized spacial score (nSPS) is 14.8. The predicted octanol–water partition coefficient (Wildman–Crippen LogP) is 1.81. The van der Waals surface area contributed by atoms with Crippen molar-refractivity contribution in [2.45, 2.75) is 25.7 Å². The molecule has 0 spiro atoms. The molecule has 0 saturated carbocycles. The Kier molecular flexibility index (Phi) is 5.63. The molecule has 0 unspecified atom stereocenters. The van der Waals surface area contributed by atoms with E-state index >= 15 is 0 Å². The maximum atomic E-state index is 12.9. The number of hydrogen-bond acceptors (Lipinski definition) is 5. The average Bonchev–Trinajstić information content (AvgIpc) is 2.67. The highest BCUT2D eigenvalue weighted by Gasteiger charge is 2.26. The summed E-state index contributed by atoms with van der Waals surface area (Å²) >= 11 is 0. The van der Waals surface area contributed by atoms with Gasteiger partial charge in [0.1, 0.15) is 17.4 Å². The molecule has 2 heterocycles. The Morgan fingerprint density at radius 2 is 1.93 bits per heavy atom. The van der Waals surface area contributed by atoms with Gasteiger partial charge < -0.3 is 15.4 Å². The molecule has 2 amide bonds. The molecule has 1 fully saturated rings. The molecule has 1 aromatic carbocycles. The fourth-order valence-electron chi connectivity index (χ4n) is 3.08. The summed E-state index contributed by atoms with van der Waals surface area (Å²) in [5.41, 5.74) is 6.17. The van der Waals surface area contributed by atoms with Crippen molar-refractivity contribution in [1.82, 2.24) is 14.9 Å². The van der Waals surface area contributed by atoms with E-state index in [1.165, 1.54) is 30.5 Å². The molecule has 1 aliphatic heterocycles. The summed E-state index contributed by atoms with van der Waals surface area (Å²) in [4.78, 5) is 34.0. The van der Waals surface area contributed by atoms with Crippen LogP contribution in [0.1, 0.15) is 40.6 Å². The molecule has 2 aromatic rings. The molecule has 3 rings (SSSR count). The average molecular weight is 372 g/mol. The molecule has 1 saturated heterocycles. The van der Waals surface area contributed by atoms with Crippen molar-refractivity contribution in [3.05, 3.63) is 53.4 Å². The van der Waals surface area contributed by atoms with Gasteiger partial charge in [-0.1, -0.05) is 0 Å². The molecule has 8 heteroatoms. The van der Waals surface area contributed by atoms with Crippen LogP contribution < -0.4 is 10.5 Å². The van der Waals surface area contributed by atoms with E-state index in [2.05, 4.69) is 9.97 Å². The Bertz CT molecular complexity index is 833. The zero-order valence-electron chi connectivity index (χ0n) is 15.0. The van der Waals surface area contributed by atoms with Gasteiger partial charge in [-0.05, 0) is 44.0 Å². The second-order valence-corrected chi connectivity index (χ2v) is 6.49. The van der Waals surface area contributed by atoms with E-state index < -0.39 is 5.91 Å². The van der Waals surface area contributed by atoms with Crippen molar-refractivity contribution >= 4 is 11.8 Å². The van der Waals surface area contributed by atoms with E-state index in [9.17, 15) is 14.0 Å². The third-order valence-electron chi connectivity index (χ3n) is 4.65. The summed E-state index contributed by atoms with van der Waals surface area (Å²) < 4.78 is 18.3. The maximum absolute atomic E-state index is 12.9. The Hall–Kier alpha value is -3.03. The number of aryl methyl sites for hydroxylation is 1. The van der Waals surface area contributed by atoms with Gasteiger partial charge in [0.2, 0.25) is 0 Å². The van der Waals surface area contributed by atoms with E-state index in [1.807, 2.05) is 0 Å². The standard InChI is InChI=1S/C19H21FN4O3/c1-12-16(18(21)26)10-22-19(23-12)13-6-8-24(9-7-13)17(25)11-27-15-4-2-14(20)3-5-15/h2-5,10,13H,6-9,11H2,1H3,(H2,21,26). The largest absolute Gasteiger partial charge is 0.484 e. The monoisotopic (exact) mass is 372 g/mol. The van der Waals surface area contributed by atoms with E-state index in [0.717, 1.165) is 12.8 Å². The summed E-state index contributed by atoms with van der Waals surface area (Å²) in [5.74, 6) is 0.259. The SMILES string of the molecule is Cc1nc(C2CCN(C(=O)COc3ccc(F)cc3)CC2)ncc1C(N)=O. The molecule has 7 nitrogen and oxygen atoms in total. The molecular formula is C19H21FN4O3. The quantitative estimate of drug-likeness (QED) is 0.863. The fourth-order valence-corrected chi connectivity index (χ4v) is 3.08. The van der Waals surface area contributed by atoms with Crippen molar-refractivity contribution in [3.63, 3.8) is 0 Å². The number of primary amides is 1. The molecule has 1 aliphatic rings. The number of nitrogens with zero attached hydrogens (tertiary/aromatic N) is 3. The third kappa shape index (κ3) is 4.58. The number of hydrogen-bond donors (Lipinski definition) is 1. The van der Waals surface area contributed by atoms with Crippen LogP contribution in [0.15, 0.2) is 30.5 Å². The van der Waals surface area contributed by atoms with Crippen molar-refractivity contribution in [2.24, 2.45) is 5.73 Å². The first kappa shape index (κ1) is 18.8. The van der Waals surface area contributed by atoms with Crippen molar-refractivity contribution in [2.75, 3.05) is 19.7 Å². The molecule has 0 bridgehead atoms. The van der Waals surface area contributed by atoms with Gasteiger partial charge in [-0.15, -0.1) is 0 Å². The highest BCUT2D eigenvalue weighted by atomic mass is 19.1. The van der Waals surface area contributed by atoms with Gasteiger partial charge in [-0.3, -0.25) is 9.59 Å². The van der Waals surface area contributed by atoms with E-state index in [1.54, 1.807) is 11.8 Å².